The molecule has 3 N–H and O–H groups in total. The van der Waals surface area contributed by atoms with Crippen molar-refractivity contribution in [2.45, 2.75) is 26.4 Å². The Morgan fingerprint density at radius 3 is 2.93 bits per heavy atom. The third-order valence-electron chi connectivity index (χ3n) is 1.53. The first kappa shape index (κ1) is 10.5. The van der Waals surface area contributed by atoms with E-state index in [4.69, 9.17) is 15.9 Å². The van der Waals surface area contributed by atoms with Gasteiger partial charge in [0.15, 0.2) is 0 Å². The molecule has 0 saturated carbocycles. The number of aromatic nitrogens is 1. The third kappa shape index (κ3) is 3.43. The van der Waals surface area contributed by atoms with Crippen LogP contribution in [-0.2, 0) is 6.42 Å². The van der Waals surface area contributed by atoms with Gasteiger partial charge in [0, 0.05) is 18.7 Å². The van der Waals surface area contributed by atoms with Gasteiger partial charge in [0.1, 0.15) is 5.75 Å². The van der Waals surface area contributed by atoms with Gasteiger partial charge in [-0.25, -0.2) is 0 Å². The summed E-state index contributed by atoms with van der Waals surface area (Å²) in [5, 5.41) is 7.14. The summed E-state index contributed by atoms with van der Waals surface area (Å²) in [4.78, 5) is 4.09. The minimum atomic E-state index is 0.110. The summed E-state index contributed by atoms with van der Waals surface area (Å²) in [5.41, 5.74) is 6.04. The fraction of sp³-hybridized carbons (Fsp3) is 0.400. The Balaban J connectivity index is 2.73. The molecular weight excluding hydrogens is 178 g/mol. The van der Waals surface area contributed by atoms with Gasteiger partial charge in [-0.1, -0.05) is 0 Å². The lowest BCUT2D eigenvalue weighted by Crippen LogP contribution is -2.14. The molecule has 0 radical (unpaired) electrons. The highest BCUT2D eigenvalue weighted by Gasteiger charge is 2.01. The van der Waals surface area contributed by atoms with E-state index >= 15 is 0 Å². The standard InChI is InChI=1S/C10H15N3O/c1-7(2)14-9-3-4-13-8(5-9)6-10(11)12/h3-5,7H,6H2,1-2H3,(H3,11,12). The van der Waals surface area contributed by atoms with Gasteiger partial charge >= 0.3 is 0 Å². The van der Waals surface area contributed by atoms with E-state index in [9.17, 15) is 0 Å². The van der Waals surface area contributed by atoms with E-state index in [1.807, 2.05) is 13.8 Å². The third-order valence-corrected chi connectivity index (χ3v) is 1.53. The maximum absolute atomic E-state index is 7.14. The van der Waals surface area contributed by atoms with Crippen molar-refractivity contribution < 1.29 is 4.74 Å². The summed E-state index contributed by atoms with van der Waals surface area (Å²) in [6.07, 6.45) is 2.17. The molecule has 76 valence electrons. The molecule has 0 saturated heterocycles. The molecule has 0 spiro atoms. The molecule has 14 heavy (non-hydrogen) atoms. The van der Waals surface area contributed by atoms with E-state index in [1.54, 1.807) is 18.3 Å². The topological polar surface area (TPSA) is 72.0 Å². The van der Waals surface area contributed by atoms with Gasteiger partial charge in [-0.3, -0.25) is 10.4 Å². The predicted molar refractivity (Wildman–Crippen MR) is 55.6 cm³/mol. The molecule has 0 atom stereocenters. The highest BCUT2D eigenvalue weighted by Crippen LogP contribution is 2.12. The second kappa shape index (κ2) is 4.60. The van der Waals surface area contributed by atoms with Crippen LogP contribution in [0.15, 0.2) is 18.3 Å². The van der Waals surface area contributed by atoms with Crippen LogP contribution in [0.5, 0.6) is 5.75 Å². The Bertz CT molecular complexity index is 323. The molecule has 1 heterocycles. The molecule has 0 aromatic carbocycles. The summed E-state index contributed by atoms with van der Waals surface area (Å²) < 4.78 is 5.49. The summed E-state index contributed by atoms with van der Waals surface area (Å²) in [6.45, 7) is 3.93. The first-order chi connectivity index (χ1) is 6.58. The Labute approximate surface area is 83.6 Å². The number of amidine groups is 1. The number of nitrogens with zero attached hydrogens (tertiary/aromatic N) is 1. The predicted octanol–water partition coefficient (Wildman–Crippen LogP) is 1.35. The molecule has 0 unspecified atom stereocenters. The summed E-state index contributed by atoms with van der Waals surface area (Å²) in [5.74, 6) is 0.880. The van der Waals surface area contributed by atoms with Crippen LogP contribution in [0.4, 0.5) is 0 Å². The summed E-state index contributed by atoms with van der Waals surface area (Å²) in [6, 6.07) is 3.60. The van der Waals surface area contributed by atoms with Crippen molar-refractivity contribution in [1.29, 1.82) is 5.41 Å². The van der Waals surface area contributed by atoms with Crippen LogP contribution in [0.2, 0.25) is 0 Å². The van der Waals surface area contributed by atoms with Crippen LogP contribution in [0.1, 0.15) is 19.5 Å². The van der Waals surface area contributed by atoms with Crippen molar-refractivity contribution in [2.24, 2.45) is 5.73 Å². The highest BCUT2D eigenvalue weighted by molar-refractivity contribution is 5.79. The van der Waals surface area contributed by atoms with Gasteiger partial charge in [-0.05, 0) is 19.9 Å². The Morgan fingerprint density at radius 2 is 2.36 bits per heavy atom. The molecule has 0 aliphatic heterocycles. The normalized spacial score (nSPS) is 10.2. The molecule has 0 amide bonds. The number of rotatable bonds is 4. The van der Waals surface area contributed by atoms with Crippen LogP contribution in [0.3, 0.4) is 0 Å². The quantitative estimate of drug-likeness (QED) is 0.560. The van der Waals surface area contributed by atoms with Gasteiger partial charge in [0.25, 0.3) is 0 Å². The van der Waals surface area contributed by atoms with Gasteiger partial charge in [0.05, 0.1) is 17.6 Å². The summed E-state index contributed by atoms with van der Waals surface area (Å²) >= 11 is 0. The highest BCUT2D eigenvalue weighted by atomic mass is 16.5. The molecule has 0 aliphatic carbocycles. The van der Waals surface area contributed by atoms with Crippen molar-refractivity contribution >= 4 is 5.84 Å². The average molecular weight is 193 g/mol. The first-order valence-corrected chi connectivity index (χ1v) is 4.52. The van der Waals surface area contributed by atoms with E-state index in [2.05, 4.69) is 4.98 Å². The van der Waals surface area contributed by atoms with Gasteiger partial charge in [-0.2, -0.15) is 0 Å². The molecule has 0 fully saturated rings. The Morgan fingerprint density at radius 1 is 1.64 bits per heavy atom. The van der Waals surface area contributed by atoms with Crippen molar-refractivity contribution in [2.75, 3.05) is 0 Å². The molecule has 4 nitrogen and oxygen atoms in total. The van der Waals surface area contributed by atoms with Crippen molar-refractivity contribution in [3.63, 3.8) is 0 Å². The van der Waals surface area contributed by atoms with Gasteiger partial charge in [-0.15, -0.1) is 0 Å². The second-order valence-electron chi connectivity index (χ2n) is 3.35. The molecule has 0 bridgehead atoms. The maximum atomic E-state index is 7.14. The number of hydrogen-bond acceptors (Lipinski definition) is 3. The average Bonchev–Trinajstić information content (AvgIpc) is 2.01. The lowest BCUT2D eigenvalue weighted by atomic mass is 10.2. The van der Waals surface area contributed by atoms with E-state index in [-0.39, 0.29) is 11.9 Å². The monoisotopic (exact) mass is 193 g/mol. The van der Waals surface area contributed by atoms with Gasteiger partial charge in [0.2, 0.25) is 0 Å². The van der Waals surface area contributed by atoms with E-state index in [1.165, 1.54) is 0 Å². The molecule has 0 aliphatic rings. The molecule has 4 heteroatoms. The number of pyridine rings is 1. The first-order valence-electron chi connectivity index (χ1n) is 4.52. The SMILES string of the molecule is CC(C)Oc1ccnc(CC(=N)N)c1. The summed E-state index contributed by atoms with van der Waals surface area (Å²) in [7, 11) is 0. The zero-order chi connectivity index (χ0) is 10.6. The minimum Gasteiger partial charge on any atom is -0.491 e. The molecule has 1 aromatic rings. The van der Waals surface area contributed by atoms with Crippen LogP contribution in [0, 0.1) is 5.41 Å². The largest absolute Gasteiger partial charge is 0.491 e. The Kier molecular flexibility index (Phi) is 3.45. The van der Waals surface area contributed by atoms with Crippen LogP contribution < -0.4 is 10.5 Å². The molecule has 1 aromatic heterocycles. The maximum Gasteiger partial charge on any atom is 0.123 e. The van der Waals surface area contributed by atoms with Crippen LogP contribution in [0.25, 0.3) is 0 Å². The smallest absolute Gasteiger partial charge is 0.123 e. The fourth-order valence-electron chi connectivity index (χ4n) is 1.09. The van der Waals surface area contributed by atoms with Gasteiger partial charge < -0.3 is 10.5 Å². The zero-order valence-corrected chi connectivity index (χ0v) is 8.45. The van der Waals surface area contributed by atoms with E-state index < -0.39 is 0 Å². The van der Waals surface area contributed by atoms with E-state index in [0.717, 1.165) is 11.4 Å². The number of hydrogen-bond donors (Lipinski definition) is 2. The van der Waals surface area contributed by atoms with Crippen LogP contribution in [-0.4, -0.2) is 16.9 Å². The lowest BCUT2D eigenvalue weighted by Gasteiger charge is -2.09. The number of ether oxygens (including phenoxy) is 1. The lowest BCUT2D eigenvalue weighted by molar-refractivity contribution is 0.242. The Hall–Kier alpha value is -1.58. The second-order valence-corrected chi connectivity index (χ2v) is 3.35. The number of nitrogens with two attached hydrogens (primary N) is 1. The van der Waals surface area contributed by atoms with Crippen molar-refractivity contribution in [1.82, 2.24) is 4.98 Å². The van der Waals surface area contributed by atoms with Crippen LogP contribution >= 0.6 is 0 Å². The minimum absolute atomic E-state index is 0.110. The zero-order valence-electron chi connectivity index (χ0n) is 8.45. The molecular formula is C10H15N3O. The van der Waals surface area contributed by atoms with Crippen molar-refractivity contribution in [3.8, 4) is 5.75 Å². The number of nitrogens with one attached hydrogen (secondary N) is 1. The van der Waals surface area contributed by atoms with Crippen molar-refractivity contribution in [3.05, 3.63) is 24.0 Å². The fourth-order valence-corrected chi connectivity index (χ4v) is 1.09. The molecule has 1 rings (SSSR count). The van der Waals surface area contributed by atoms with E-state index in [0.29, 0.717) is 6.42 Å².